The second-order valence-electron chi connectivity index (χ2n) is 5.53. The van der Waals surface area contributed by atoms with E-state index in [0.29, 0.717) is 23.4 Å². The first-order valence-electron chi connectivity index (χ1n) is 7.57. The van der Waals surface area contributed by atoms with Gasteiger partial charge < -0.3 is 10.6 Å². The highest BCUT2D eigenvalue weighted by atomic mass is 32.1. The molecule has 0 fully saturated rings. The first-order valence-corrected chi connectivity index (χ1v) is 8.51. The summed E-state index contributed by atoms with van der Waals surface area (Å²) in [6.07, 6.45) is 0. The van der Waals surface area contributed by atoms with E-state index in [0.717, 1.165) is 16.7 Å². The van der Waals surface area contributed by atoms with Crippen molar-refractivity contribution in [1.29, 1.82) is 0 Å². The van der Waals surface area contributed by atoms with Gasteiger partial charge in [-0.2, -0.15) is 11.3 Å². The van der Waals surface area contributed by atoms with Crippen LogP contribution in [0.1, 0.15) is 26.3 Å². The highest BCUT2D eigenvalue weighted by Gasteiger charge is 2.26. The fraction of sp³-hybridized carbons (Fsp3) is 0.0526. The third-order valence-electron chi connectivity index (χ3n) is 4.08. The van der Waals surface area contributed by atoms with Gasteiger partial charge in [-0.25, -0.2) is 0 Å². The highest BCUT2D eigenvalue weighted by molar-refractivity contribution is 7.08. The quantitative estimate of drug-likeness (QED) is 0.763. The lowest BCUT2D eigenvalue weighted by molar-refractivity contribution is 0.0966. The molecule has 3 aromatic rings. The Morgan fingerprint density at radius 3 is 2.67 bits per heavy atom. The Balaban J connectivity index is 1.74. The van der Waals surface area contributed by atoms with Crippen molar-refractivity contribution >= 4 is 28.8 Å². The van der Waals surface area contributed by atoms with Gasteiger partial charge in [0.1, 0.15) is 0 Å². The Bertz CT molecular complexity index is 918. The summed E-state index contributed by atoms with van der Waals surface area (Å²) in [4.78, 5) is 24.7. The molecule has 2 aromatic carbocycles. The van der Waals surface area contributed by atoms with Crippen LogP contribution in [0.3, 0.4) is 0 Å². The first-order chi connectivity index (χ1) is 11.7. The molecule has 0 spiro atoms. The topological polar surface area (TPSA) is 58.2 Å². The second kappa shape index (κ2) is 5.94. The van der Waals surface area contributed by atoms with Crippen LogP contribution in [0.15, 0.2) is 59.3 Å². The summed E-state index contributed by atoms with van der Waals surface area (Å²) in [5.41, 5.74) is 4.72. The molecule has 0 unspecified atom stereocenters. The Morgan fingerprint density at radius 1 is 1.08 bits per heavy atom. The predicted molar refractivity (Wildman–Crippen MR) is 95.3 cm³/mol. The molecule has 0 bridgehead atoms. The number of fused-ring (bicyclic) bond motifs is 1. The molecule has 1 aliphatic heterocycles. The number of carbonyl (C=O) groups excluding carboxylic acids is 2. The van der Waals surface area contributed by atoms with E-state index in [1.165, 1.54) is 0 Å². The van der Waals surface area contributed by atoms with Gasteiger partial charge in [0.2, 0.25) is 0 Å². The Hall–Kier alpha value is -2.92. The van der Waals surface area contributed by atoms with Crippen molar-refractivity contribution in [2.45, 2.75) is 6.54 Å². The summed E-state index contributed by atoms with van der Waals surface area (Å²) in [6.45, 7) is 0.481. The van der Waals surface area contributed by atoms with E-state index in [2.05, 4.69) is 16.0 Å². The number of hydrogen-bond donors (Lipinski definition) is 2. The number of amides is 2. The van der Waals surface area contributed by atoms with Gasteiger partial charge in [-0.05, 0) is 51.7 Å². The summed E-state index contributed by atoms with van der Waals surface area (Å²) in [5.74, 6) is -0.369. The SMILES string of the molecule is O=C(Nc1ccc(-c2ccsc2)c2c1C(=O)NC2)c1ccccc1. The fourth-order valence-corrected chi connectivity index (χ4v) is 3.58. The van der Waals surface area contributed by atoms with Crippen molar-refractivity contribution in [3.8, 4) is 11.1 Å². The maximum absolute atomic E-state index is 12.4. The predicted octanol–water partition coefficient (Wildman–Crippen LogP) is 3.91. The minimum Gasteiger partial charge on any atom is -0.348 e. The molecule has 0 saturated carbocycles. The van der Waals surface area contributed by atoms with Crippen LogP contribution in [0.2, 0.25) is 0 Å². The van der Waals surface area contributed by atoms with E-state index in [1.807, 2.05) is 35.7 Å². The van der Waals surface area contributed by atoms with Crippen molar-refractivity contribution in [3.63, 3.8) is 0 Å². The van der Waals surface area contributed by atoms with E-state index in [1.54, 1.807) is 29.5 Å². The molecular weight excluding hydrogens is 320 g/mol. The standard InChI is InChI=1S/C19H14N2O2S/c22-18(12-4-2-1-3-5-12)21-16-7-6-14(13-8-9-24-11-13)15-10-20-19(23)17(15)16/h1-9,11H,10H2,(H,20,23)(H,21,22). The molecule has 4 rings (SSSR count). The zero-order valence-electron chi connectivity index (χ0n) is 12.7. The lowest BCUT2D eigenvalue weighted by atomic mass is 9.97. The van der Waals surface area contributed by atoms with E-state index in [4.69, 9.17) is 0 Å². The van der Waals surface area contributed by atoms with Gasteiger partial charge in [0.15, 0.2) is 0 Å². The molecule has 24 heavy (non-hydrogen) atoms. The van der Waals surface area contributed by atoms with Crippen molar-refractivity contribution in [3.05, 3.63) is 76.0 Å². The van der Waals surface area contributed by atoms with Crippen molar-refractivity contribution in [1.82, 2.24) is 5.32 Å². The number of nitrogens with one attached hydrogen (secondary N) is 2. The smallest absolute Gasteiger partial charge is 0.255 e. The van der Waals surface area contributed by atoms with E-state index < -0.39 is 0 Å². The summed E-state index contributed by atoms with van der Waals surface area (Å²) >= 11 is 1.62. The Kier molecular flexibility index (Phi) is 3.63. The lowest BCUT2D eigenvalue weighted by Gasteiger charge is -2.12. The molecule has 0 saturated heterocycles. The van der Waals surface area contributed by atoms with Crippen LogP contribution in [0.25, 0.3) is 11.1 Å². The summed E-state index contributed by atoms with van der Waals surface area (Å²) in [5, 5.41) is 9.79. The average molecular weight is 334 g/mol. The molecule has 5 heteroatoms. The molecule has 0 aliphatic carbocycles. The van der Waals surface area contributed by atoms with Crippen LogP contribution in [0, 0.1) is 0 Å². The van der Waals surface area contributed by atoms with Gasteiger partial charge in [0, 0.05) is 12.1 Å². The first kappa shape index (κ1) is 14.7. The average Bonchev–Trinajstić information content (AvgIpc) is 3.27. The number of rotatable bonds is 3. The van der Waals surface area contributed by atoms with Crippen molar-refractivity contribution in [2.75, 3.05) is 5.32 Å². The molecule has 0 atom stereocenters. The van der Waals surface area contributed by atoms with Gasteiger partial charge in [-0.3, -0.25) is 9.59 Å². The third-order valence-corrected chi connectivity index (χ3v) is 4.77. The Morgan fingerprint density at radius 2 is 1.92 bits per heavy atom. The maximum Gasteiger partial charge on any atom is 0.255 e. The molecular formula is C19H14N2O2S. The van der Waals surface area contributed by atoms with Gasteiger partial charge in [-0.15, -0.1) is 0 Å². The summed E-state index contributed by atoms with van der Waals surface area (Å²) in [6, 6.07) is 14.8. The number of benzene rings is 2. The fourth-order valence-electron chi connectivity index (χ4n) is 2.92. The molecule has 2 amide bonds. The second-order valence-corrected chi connectivity index (χ2v) is 6.31. The van der Waals surface area contributed by atoms with Crippen LogP contribution >= 0.6 is 11.3 Å². The number of carbonyl (C=O) groups is 2. The third kappa shape index (κ3) is 2.49. The molecule has 1 aromatic heterocycles. The molecule has 0 radical (unpaired) electrons. The maximum atomic E-state index is 12.4. The molecule has 2 N–H and O–H groups in total. The van der Waals surface area contributed by atoms with E-state index in [9.17, 15) is 9.59 Å². The van der Waals surface area contributed by atoms with Crippen LogP contribution in [0.5, 0.6) is 0 Å². The molecule has 4 nitrogen and oxygen atoms in total. The van der Waals surface area contributed by atoms with Gasteiger partial charge in [0.25, 0.3) is 11.8 Å². The van der Waals surface area contributed by atoms with E-state index in [-0.39, 0.29) is 11.8 Å². The van der Waals surface area contributed by atoms with Crippen LogP contribution in [-0.2, 0) is 6.54 Å². The zero-order valence-corrected chi connectivity index (χ0v) is 13.5. The van der Waals surface area contributed by atoms with Crippen LogP contribution in [0.4, 0.5) is 5.69 Å². The minimum absolute atomic E-state index is 0.148. The van der Waals surface area contributed by atoms with Crippen molar-refractivity contribution in [2.24, 2.45) is 0 Å². The van der Waals surface area contributed by atoms with Crippen LogP contribution < -0.4 is 10.6 Å². The zero-order chi connectivity index (χ0) is 16.5. The molecule has 118 valence electrons. The van der Waals surface area contributed by atoms with Gasteiger partial charge in [-0.1, -0.05) is 24.3 Å². The number of hydrogen-bond acceptors (Lipinski definition) is 3. The monoisotopic (exact) mass is 334 g/mol. The number of thiophene rings is 1. The largest absolute Gasteiger partial charge is 0.348 e. The van der Waals surface area contributed by atoms with Gasteiger partial charge >= 0.3 is 0 Å². The van der Waals surface area contributed by atoms with Crippen LogP contribution in [-0.4, -0.2) is 11.8 Å². The number of anilines is 1. The van der Waals surface area contributed by atoms with Gasteiger partial charge in [0.05, 0.1) is 11.3 Å². The molecule has 2 heterocycles. The van der Waals surface area contributed by atoms with Crippen molar-refractivity contribution < 1.29 is 9.59 Å². The minimum atomic E-state index is -0.221. The Labute approximate surface area is 143 Å². The summed E-state index contributed by atoms with van der Waals surface area (Å²) < 4.78 is 0. The van der Waals surface area contributed by atoms with E-state index >= 15 is 0 Å². The summed E-state index contributed by atoms with van der Waals surface area (Å²) in [7, 11) is 0. The lowest BCUT2D eigenvalue weighted by Crippen LogP contribution is -2.17. The molecule has 1 aliphatic rings. The normalized spacial score (nSPS) is 12.6. The highest BCUT2D eigenvalue weighted by Crippen LogP contribution is 2.35.